The van der Waals surface area contributed by atoms with Gasteiger partial charge in [-0.1, -0.05) is 0 Å². The van der Waals surface area contributed by atoms with Crippen molar-refractivity contribution in [3.8, 4) is 0 Å². The Bertz CT molecular complexity index is 205. The van der Waals surface area contributed by atoms with E-state index in [1.807, 2.05) is 0 Å². The summed E-state index contributed by atoms with van der Waals surface area (Å²) in [5.41, 5.74) is 0. The quantitative estimate of drug-likeness (QED) is 0.446. The average molecular weight is 181 g/mol. The van der Waals surface area contributed by atoms with Crippen LogP contribution in [-0.2, 0) is 0 Å². The molecular weight excluding hydrogens is 171 g/mol. The number of hydrogen-bond acceptors (Lipinski definition) is 1. The third-order valence-electron chi connectivity index (χ3n) is 1.19. The van der Waals surface area contributed by atoms with Gasteiger partial charge >= 0.3 is 6.18 Å². The number of aliphatic imine (C=N–C) groups is 1. The molecule has 0 bridgehead atoms. The van der Waals surface area contributed by atoms with E-state index in [4.69, 9.17) is 5.41 Å². The maximum absolute atomic E-state index is 11.7. The van der Waals surface area contributed by atoms with Gasteiger partial charge in [-0.15, -0.1) is 0 Å². The van der Waals surface area contributed by atoms with Gasteiger partial charge in [0.1, 0.15) is 5.84 Å². The molecule has 0 aliphatic carbocycles. The van der Waals surface area contributed by atoms with Gasteiger partial charge in [0.05, 0.1) is 0 Å². The van der Waals surface area contributed by atoms with E-state index in [1.54, 1.807) is 14.1 Å². The highest BCUT2D eigenvalue weighted by molar-refractivity contribution is 5.96. The van der Waals surface area contributed by atoms with Crippen LogP contribution in [0.4, 0.5) is 13.2 Å². The van der Waals surface area contributed by atoms with Crippen LogP contribution < -0.4 is 0 Å². The Morgan fingerprint density at radius 3 is 2.00 bits per heavy atom. The van der Waals surface area contributed by atoms with E-state index in [0.29, 0.717) is 0 Å². The number of rotatable bonds is 0. The van der Waals surface area contributed by atoms with Crippen molar-refractivity contribution in [2.75, 3.05) is 14.1 Å². The maximum Gasteiger partial charge on any atom is 0.450 e. The molecule has 1 N–H and O–H groups in total. The smallest absolute Gasteiger partial charge is 0.366 e. The molecule has 0 fully saturated rings. The average Bonchev–Trinajstić information content (AvgIpc) is 1.85. The molecule has 6 heteroatoms. The molecule has 12 heavy (non-hydrogen) atoms. The minimum atomic E-state index is -4.66. The van der Waals surface area contributed by atoms with Crippen molar-refractivity contribution >= 4 is 11.7 Å². The fourth-order valence-corrected chi connectivity index (χ4v) is 0.325. The highest BCUT2D eigenvalue weighted by Crippen LogP contribution is 2.16. The van der Waals surface area contributed by atoms with Gasteiger partial charge in [0.2, 0.25) is 5.84 Å². The third-order valence-corrected chi connectivity index (χ3v) is 1.19. The first-order valence-electron chi connectivity index (χ1n) is 3.13. The zero-order valence-electron chi connectivity index (χ0n) is 7.03. The molecule has 0 heterocycles. The van der Waals surface area contributed by atoms with Crippen LogP contribution in [0.25, 0.3) is 0 Å². The van der Waals surface area contributed by atoms with Gasteiger partial charge in [0.25, 0.3) is 0 Å². The molecule has 0 saturated heterocycles. The number of hydrogen-bond donors (Lipinski definition) is 1. The van der Waals surface area contributed by atoms with Crippen LogP contribution in [0.2, 0.25) is 0 Å². The third kappa shape index (κ3) is 3.36. The van der Waals surface area contributed by atoms with Crippen molar-refractivity contribution in [1.82, 2.24) is 4.90 Å². The molecule has 0 aromatic heterocycles. The summed E-state index contributed by atoms with van der Waals surface area (Å²) in [5, 5.41) is 6.52. The normalized spacial score (nSPS) is 13.0. The van der Waals surface area contributed by atoms with Crippen LogP contribution >= 0.6 is 0 Å². The molecule has 0 aliphatic rings. The Balaban J connectivity index is 4.46. The van der Waals surface area contributed by atoms with Crippen molar-refractivity contribution in [1.29, 1.82) is 5.41 Å². The highest BCUT2D eigenvalue weighted by Gasteiger charge is 2.34. The monoisotopic (exact) mass is 181 g/mol. The van der Waals surface area contributed by atoms with Crippen LogP contribution in [0.5, 0.6) is 0 Å². The van der Waals surface area contributed by atoms with Crippen LogP contribution in [0.1, 0.15) is 6.92 Å². The predicted octanol–water partition coefficient (Wildman–Crippen LogP) is 1.51. The van der Waals surface area contributed by atoms with Gasteiger partial charge in [0.15, 0.2) is 0 Å². The van der Waals surface area contributed by atoms with Gasteiger partial charge in [-0.25, -0.2) is 4.99 Å². The molecule has 0 aromatic carbocycles. The summed E-state index contributed by atoms with van der Waals surface area (Å²) < 4.78 is 35.2. The van der Waals surface area contributed by atoms with Gasteiger partial charge in [0, 0.05) is 14.1 Å². The first kappa shape index (κ1) is 10.9. The molecule has 3 nitrogen and oxygen atoms in total. The molecule has 0 rings (SSSR count). The second-order valence-electron chi connectivity index (χ2n) is 2.40. The Morgan fingerprint density at radius 1 is 1.33 bits per heavy atom. The van der Waals surface area contributed by atoms with Crippen LogP contribution in [0, 0.1) is 5.41 Å². The van der Waals surface area contributed by atoms with E-state index in [2.05, 4.69) is 4.99 Å². The summed E-state index contributed by atoms with van der Waals surface area (Å²) in [6, 6.07) is 0. The number of amidine groups is 2. The van der Waals surface area contributed by atoms with Gasteiger partial charge in [-0.2, -0.15) is 13.2 Å². The molecule has 0 saturated carbocycles. The predicted molar refractivity (Wildman–Crippen MR) is 40.6 cm³/mol. The Morgan fingerprint density at radius 2 is 1.75 bits per heavy atom. The van der Waals surface area contributed by atoms with Crippen molar-refractivity contribution < 1.29 is 13.2 Å². The number of alkyl halides is 3. The van der Waals surface area contributed by atoms with Crippen molar-refractivity contribution in [2.24, 2.45) is 4.99 Å². The second kappa shape index (κ2) is 3.55. The number of nitrogens with one attached hydrogen (secondary N) is 1. The van der Waals surface area contributed by atoms with Crippen molar-refractivity contribution in [3.05, 3.63) is 0 Å². The highest BCUT2D eigenvalue weighted by atomic mass is 19.4. The Labute approximate surface area is 68.4 Å². The largest absolute Gasteiger partial charge is 0.450 e. The molecule has 70 valence electrons. The molecule has 0 radical (unpaired) electrons. The molecule has 0 spiro atoms. The summed E-state index contributed by atoms with van der Waals surface area (Å²) in [4.78, 5) is 4.45. The second-order valence-corrected chi connectivity index (χ2v) is 2.40. The number of halogens is 3. The molecule has 0 aromatic rings. The minimum Gasteiger partial charge on any atom is -0.366 e. The van der Waals surface area contributed by atoms with Crippen LogP contribution in [-0.4, -0.2) is 36.8 Å². The summed E-state index contributed by atoms with van der Waals surface area (Å²) >= 11 is 0. The lowest BCUT2D eigenvalue weighted by atomic mass is 10.5. The summed E-state index contributed by atoms with van der Waals surface area (Å²) in [6.45, 7) is 1.40. The van der Waals surface area contributed by atoms with Gasteiger partial charge in [-0.05, 0) is 6.92 Å². The molecule has 0 atom stereocenters. The van der Waals surface area contributed by atoms with E-state index in [1.165, 1.54) is 11.8 Å². The van der Waals surface area contributed by atoms with E-state index >= 15 is 0 Å². The molecule has 0 aliphatic heterocycles. The maximum atomic E-state index is 11.7. The lowest BCUT2D eigenvalue weighted by Gasteiger charge is -2.11. The topological polar surface area (TPSA) is 39.5 Å². The zero-order valence-corrected chi connectivity index (χ0v) is 7.03. The minimum absolute atomic E-state index is 0.150. The van der Waals surface area contributed by atoms with Gasteiger partial charge in [-0.3, -0.25) is 5.41 Å². The van der Waals surface area contributed by atoms with Crippen molar-refractivity contribution in [2.45, 2.75) is 13.1 Å². The summed E-state index contributed by atoms with van der Waals surface area (Å²) in [7, 11) is 3.12. The fraction of sp³-hybridized carbons (Fsp3) is 0.667. The van der Waals surface area contributed by atoms with E-state index in [0.717, 1.165) is 0 Å². The molecule has 0 unspecified atom stereocenters. The number of nitrogens with zero attached hydrogens (tertiary/aromatic N) is 2. The van der Waals surface area contributed by atoms with E-state index < -0.39 is 12.0 Å². The zero-order chi connectivity index (χ0) is 9.94. The van der Waals surface area contributed by atoms with E-state index in [9.17, 15) is 13.2 Å². The molecule has 0 amide bonds. The van der Waals surface area contributed by atoms with Crippen LogP contribution in [0.3, 0.4) is 0 Å². The Hall–Kier alpha value is -1.07. The SMILES string of the molecule is CC(=NC(=N)C(F)(F)F)N(C)C. The van der Waals surface area contributed by atoms with Crippen molar-refractivity contribution in [3.63, 3.8) is 0 Å². The van der Waals surface area contributed by atoms with Crippen LogP contribution in [0.15, 0.2) is 4.99 Å². The summed E-state index contributed by atoms with van der Waals surface area (Å²) in [5.74, 6) is -1.42. The first-order valence-corrected chi connectivity index (χ1v) is 3.13. The fourth-order valence-electron chi connectivity index (χ4n) is 0.325. The van der Waals surface area contributed by atoms with E-state index in [-0.39, 0.29) is 5.84 Å². The lowest BCUT2D eigenvalue weighted by Crippen LogP contribution is -2.25. The standard InChI is InChI=1S/C6H10F3N3/c1-4(12(2)3)11-5(10)6(7,8)9/h10H,1-3H3. The first-order chi connectivity index (χ1) is 5.25. The Kier molecular flexibility index (Phi) is 3.24. The summed E-state index contributed by atoms with van der Waals surface area (Å²) in [6.07, 6.45) is -4.66. The molecular formula is C6H10F3N3. The van der Waals surface area contributed by atoms with Gasteiger partial charge < -0.3 is 4.90 Å². The lowest BCUT2D eigenvalue weighted by molar-refractivity contribution is -0.0604.